The number of hydrogen-bond donors (Lipinski definition) is 1. The molecule has 1 fully saturated rings. The minimum atomic E-state index is -0.470. The van der Waals surface area contributed by atoms with Crippen molar-refractivity contribution in [3.63, 3.8) is 0 Å². The van der Waals surface area contributed by atoms with Crippen LogP contribution < -0.4 is 5.32 Å². The van der Waals surface area contributed by atoms with Gasteiger partial charge in [-0.2, -0.15) is 0 Å². The van der Waals surface area contributed by atoms with Crippen molar-refractivity contribution in [2.24, 2.45) is 0 Å². The molecule has 132 valence electrons. The lowest BCUT2D eigenvalue weighted by atomic mass is 9.90. The molecule has 0 radical (unpaired) electrons. The quantitative estimate of drug-likeness (QED) is 0.782. The highest BCUT2D eigenvalue weighted by atomic mass is 16.7. The minimum Gasteiger partial charge on any atom is -0.444 e. The number of hydrogen-bond acceptors (Lipinski definition) is 4. The van der Waals surface area contributed by atoms with Crippen LogP contribution in [0.25, 0.3) is 0 Å². The average molecular weight is 325 g/mol. The lowest BCUT2D eigenvalue weighted by molar-refractivity contribution is -0.0618. The maximum Gasteiger partial charge on any atom is 0.407 e. The number of rotatable bonds is 2. The third-order valence-electron chi connectivity index (χ3n) is 4.72. The van der Waals surface area contributed by atoms with E-state index in [9.17, 15) is 4.79 Å². The van der Waals surface area contributed by atoms with Crippen LogP contribution in [0.5, 0.6) is 0 Å². The summed E-state index contributed by atoms with van der Waals surface area (Å²) in [6.45, 7) is 13.8. The zero-order chi connectivity index (χ0) is 17.5. The molecule has 1 saturated heterocycles. The Bertz CT molecular complexity index is 472. The molecule has 1 heterocycles. The first-order chi connectivity index (χ1) is 10.4. The van der Waals surface area contributed by atoms with Crippen LogP contribution >= 0.6 is 0 Å². The highest BCUT2D eigenvalue weighted by Crippen LogP contribution is 2.42. The van der Waals surface area contributed by atoms with Gasteiger partial charge in [-0.15, -0.1) is 0 Å². The van der Waals surface area contributed by atoms with Crippen molar-refractivity contribution in [2.45, 2.75) is 96.9 Å². The van der Waals surface area contributed by atoms with E-state index in [4.69, 9.17) is 14.2 Å². The van der Waals surface area contributed by atoms with Crippen LogP contribution in [0.3, 0.4) is 0 Å². The largest absolute Gasteiger partial charge is 0.444 e. The van der Waals surface area contributed by atoms with Gasteiger partial charge in [-0.05, 0) is 73.3 Å². The molecule has 5 heteroatoms. The van der Waals surface area contributed by atoms with E-state index in [1.807, 2.05) is 20.8 Å². The summed E-state index contributed by atoms with van der Waals surface area (Å²) in [6, 6.07) is 0.107. The fourth-order valence-electron chi connectivity index (χ4n) is 2.67. The second-order valence-corrected chi connectivity index (χ2v) is 8.48. The highest BCUT2D eigenvalue weighted by molar-refractivity contribution is 5.68. The van der Waals surface area contributed by atoms with Gasteiger partial charge in [0.2, 0.25) is 0 Å². The monoisotopic (exact) mass is 325 g/mol. The van der Waals surface area contributed by atoms with Gasteiger partial charge in [0, 0.05) is 6.04 Å². The summed E-state index contributed by atoms with van der Waals surface area (Å²) < 4.78 is 17.5. The normalized spacial score (nSPS) is 27.4. The smallest absolute Gasteiger partial charge is 0.407 e. The number of carbonyl (C=O) groups is 1. The molecule has 0 bridgehead atoms. The first-order valence-electron chi connectivity index (χ1n) is 8.44. The summed E-state index contributed by atoms with van der Waals surface area (Å²) in [5.74, 6) is 0. The van der Waals surface area contributed by atoms with Crippen molar-refractivity contribution in [3.05, 3.63) is 11.6 Å². The molecule has 0 aromatic heterocycles. The zero-order valence-electron chi connectivity index (χ0n) is 15.5. The molecule has 1 amide bonds. The van der Waals surface area contributed by atoms with Gasteiger partial charge in [-0.3, -0.25) is 0 Å². The highest BCUT2D eigenvalue weighted by Gasteiger charge is 2.50. The zero-order valence-corrected chi connectivity index (χ0v) is 15.5. The van der Waals surface area contributed by atoms with Gasteiger partial charge in [0.25, 0.3) is 0 Å². The molecule has 2 rings (SSSR count). The van der Waals surface area contributed by atoms with Crippen molar-refractivity contribution in [2.75, 3.05) is 0 Å². The van der Waals surface area contributed by atoms with Gasteiger partial charge in [-0.1, -0.05) is 6.08 Å². The van der Waals surface area contributed by atoms with E-state index in [1.54, 1.807) is 0 Å². The Kier molecular flexibility index (Phi) is 4.84. The molecule has 5 nitrogen and oxygen atoms in total. The molecule has 0 aromatic rings. The van der Waals surface area contributed by atoms with E-state index >= 15 is 0 Å². The topological polar surface area (TPSA) is 56.8 Å². The average Bonchev–Trinajstić information content (AvgIpc) is 2.56. The Morgan fingerprint density at radius 3 is 2.22 bits per heavy atom. The second-order valence-electron chi connectivity index (χ2n) is 8.48. The summed E-state index contributed by atoms with van der Waals surface area (Å²) in [7, 11) is 0. The molecule has 23 heavy (non-hydrogen) atoms. The van der Waals surface area contributed by atoms with E-state index in [2.05, 4.69) is 39.1 Å². The van der Waals surface area contributed by atoms with Crippen LogP contribution in [-0.4, -0.2) is 35.2 Å². The number of carbonyl (C=O) groups excluding carboxylic acids is 1. The summed E-state index contributed by atoms with van der Waals surface area (Å²) in [5, 5.41) is 2.93. The number of nitrogens with one attached hydrogen (secondary N) is 1. The van der Waals surface area contributed by atoms with Gasteiger partial charge in [0.05, 0.1) is 11.2 Å². The number of alkyl carbamates (subject to hydrolysis) is 1. The van der Waals surface area contributed by atoms with Gasteiger partial charge in [0.15, 0.2) is 6.29 Å². The molecule has 0 spiro atoms. The standard InChI is InChI=1S/C18H31NO4/c1-16(2,3)23-15(20)19-13-10-8-12(9-11-13)14-21-17(4,5)18(6,7)22-14/h8,13-14H,9-11H2,1-7H3,(H,19,20). The van der Waals surface area contributed by atoms with Gasteiger partial charge >= 0.3 is 6.09 Å². The predicted molar refractivity (Wildman–Crippen MR) is 89.2 cm³/mol. The molecular formula is C18H31NO4. The first kappa shape index (κ1) is 18.3. The van der Waals surface area contributed by atoms with E-state index < -0.39 is 5.60 Å². The van der Waals surface area contributed by atoms with Crippen molar-refractivity contribution in [1.82, 2.24) is 5.32 Å². The fourth-order valence-corrected chi connectivity index (χ4v) is 2.67. The molecule has 1 unspecified atom stereocenters. The molecule has 1 aliphatic carbocycles. The first-order valence-corrected chi connectivity index (χ1v) is 8.44. The number of amides is 1. The third-order valence-corrected chi connectivity index (χ3v) is 4.72. The van der Waals surface area contributed by atoms with Gasteiger partial charge in [0.1, 0.15) is 5.60 Å². The Balaban J connectivity index is 1.89. The van der Waals surface area contributed by atoms with Gasteiger partial charge in [-0.25, -0.2) is 4.79 Å². The molecule has 0 saturated carbocycles. The van der Waals surface area contributed by atoms with Crippen LogP contribution in [0, 0.1) is 0 Å². The number of ether oxygens (including phenoxy) is 3. The third kappa shape index (κ3) is 4.48. The van der Waals surface area contributed by atoms with Crippen LogP contribution in [0.1, 0.15) is 67.7 Å². The van der Waals surface area contributed by atoms with Crippen molar-refractivity contribution in [3.8, 4) is 0 Å². The van der Waals surface area contributed by atoms with E-state index in [0.29, 0.717) is 0 Å². The van der Waals surface area contributed by atoms with Crippen molar-refractivity contribution >= 4 is 6.09 Å². The summed E-state index contributed by atoms with van der Waals surface area (Å²) in [6.07, 6.45) is 4.01. The van der Waals surface area contributed by atoms with Crippen LogP contribution in [0.15, 0.2) is 11.6 Å². The van der Waals surface area contributed by atoms with Crippen molar-refractivity contribution in [1.29, 1.82) is 0 Å². The van der Waals surface area contributed by atoms with Crippen LogP contribution in [0.2, 0.25) is 0 Å². The SMILES string of the molecule is CC(C)(C)OC(=O)NC1CC=C(C2OC(C)(C)C(C)(C)O2)CC1. The van der Waals surface area contributed by atoms with Gasteiger partial charge < -0.3 is 19.5 Å². The molecule has 1 atom stereocenters. The van der Waals surface area contributed by atoms with E-state index in [1.165, 1.54) is 5.57 Å². The summed E-state index contributed by atoms with van der Waals surface area (Å²) >= 11 is 0. The maximum absolute atomic E-state index is 11.8. The Morgan fingerprint density at radius 2 is 1.78 bits per heavy atom. The fraction of sp³-hybridized carbons (Fsp3) is 0.833. The van der Waals surface area contributed by atoms with Crippen molar-refractivity contribution < 1.29 is 19.0 Å². The summed E-state index contributed by atoms with van der Waals surface area (Å²) in [5.41, 5.74) is 0.0716. The van der Waals surface area contributed by atoms with Crippen LogP contribution in [0.4, 0.5) is 4.79 Å². The summed E-state index contributed by atoms with van der Waals surface area (Å²) in [4.78, 5) is 11.8. The predicted octanol–water partition coefficient (Wildman–Crippen LogP) is 3.92. The molecule has 0 aromatic carbocycles. The molecular weight excluding hydrogens is 294 g/mol. The second kappa shape index (κ2) is 6.10. The van der Waals surface area contributed by atoms with E-state index in [-0.39, 0.29) is 29.6 Å². The Labute approximate surface area is 139 Å². The minimum absolute atomic E-state index is 0.107. The lowest BCUT2D eigenvalue weighted by Crippen LogP contribution is -2.41. The molecule has 1 aliphatic heterocycles. The molecule has 1 N–H and O–H groups in total. The molecule has 2 aliphatic rings. The Hall–Kier alpha value is -1.07. The van der Waals surface area contributed by atoms with E-state index in [0.717, 1.165) is 19.3 Å². The lowest BCUT2D eigenvalue weighted by Gasteiger charge is -2.30. The van der Waals surface area contributed by atoms with Crippen LogP contribution in [-0.2, 0) is 14.2 Å². The maximum atomic E-state index is 11.8. The Morgan fingerprint density at radius 1 is 1.22 bits per heavy atom.